The van der Waals surface area contributed by atoms with Crippen LogP contribution in [0.25, 0.3) is 22.2 Å². The molecule has 1 saturated heterocycles. The number of benzene rings is 4. The molecule has 0 bridgehead atoms. The van der Waals surface area contributed by atoms with Gasteiger partial charge in [-0.2, -0.15) is 0 Å². The Morgan fingerprint density at radius 2 is 1.43 bits per heavy atom. The Hall–Kier alpha value is -4.22. The van der Waals surface area contributed by atoms with E-state index in [1.807, 2.05) is 30.3 Å². The summed E-state index contributed by atoms with van der Waals surface area (Å²) in [5, 5.41) is 11.1. The first kappa shape index (κ1) is 27.9. The summed E-state index contributed by atoms with van der Waals surface area (Å²) in [5.74, 6) is 2.04. The van der Waals surface area contributed by atoms with Crippen molar-refractivity contribution in [3.05, 3.63) is 114 Å². The Morgan fingerprint density at radius 1 is 0.714 bits per heavy atom. The van der Waals surface area contributed by atoms with Gasteiger partial charge >= 0.3 is 0 Å². The maximum atomic E-state index is 9.94. The van der Waals surface area contributed by atoms with Gasteiger partial charge in [0.15, 0.2) is 0 Å². The summed E-state index contributed by atoms with van der Waals surface area (Å²) in [6.07, 6.45) is 5.31. The predicted molar refractivity (Wildman–Crippen MR) is 170 cm³/mol. The molecule has 1 aromatic heterocycles. The number of aryl methyl sites for hydroxylation is 1. The first-order valence-corrected chi connectivity index (χ1v) is 15.2. The number of rotatable bonds is 10. The lowest BCUT2D eigenvalue weighted by molar-refractivity contribution is 0.214. The van der Waals surface area contributed by atoms with Crippen LogP contribution in [-0.4, -0.2) is 40.8 Å². The van der Waals surface area contributed by atoms with Gasteiger partial charge in [-0.15, -0.1) is 0 Å². The van der Waals surface area contributed by atoms with Crippen molar-refractivity contribution in [2.75, 3.05) is 26.2 Å². The average molecular weight is 561 g/mol. The summed E-state index contributed by atoms with van der Waals surface area (Å²) < 4.78 is 14.7. The molecule has 1 aliphatic heterocycles. The van der Waals surface area contributed by atoms with Gasteiger partial charge in [0.2, 0.25) is 0 Å². The molecule has 0 unspecified atom stereocenters. The summed E-state index contributed by atoms with van der Waals surface area (Å²) in [6, 6.07) is 32.6. The van der Waals surface area contributed by atoms with Gasteiger partial charge < -0.3 is 19.1 Å². The van der Waals surface area contributed by atoms with Gasteiger partial charge in [-0.1, -0.05) is 55.3 Å². The van der Waals surface area contributed by atoms with E-state index >= 15 is 0 Å². The van der Waals surface area contributed by atoms with E-state index in [0.29, 0.717) is 6.61 Å². The fourth-order valence-electron chi connectivity index (χ4n) is 6.01. The highest BCUT2D eigenvalue weighted by Gasteiger charge is 2.17. The lowest BCUT2D eigenvalue weighted by atomic mass is 10.1. The summed E-state index contributed by atoms with van der Waals surface area (Å²) in [7, 11) is 0. The van der Waals surface area contributed by atoms with E-state index in [4.69, 9.17) is 9.47 Å². The first-order chi connectivity index (χ1) is 20.6. The number of aromatic nitrogens is 1. The minimum absolute atomic E-state index is 0.266. The summed E-state index contributed by atoms with van der Waals surface area (Å²) in [4.78, 5) is 2.53. The smallest absolute Gasteiger partial charge is 0.120 e. The number of hydrogen-bond donors (Lipinski definition) is 1. The van der Waals surface area contributed by atoms with Crippen molar-refractivity contribution in [1.29, 1.82) is 0 Å². The Morgan fingerprint density at radius 3 is 2.17 bits per heavy atom. The fraction of sp³-hybridized carbons (Fsp3) is 0.297. The van der Waals surface area contributed by atoms with Gasteiger partial charge in [0.05, 0.1) is 5.69 Å². The van der Waals surface area contributed by atoms with Gasteiger partial charge in [0, 0.05) is 24.0 Å². The van der Waals surface area contributed by atoms with E-state index in [1.54, 1.807) is 12.1 Å². The minimum atomic E-state index is 0.266. The molecule has 4 aromatic carbocycles. The van der Waals surface area contributed by atoms with E-state index in [1.165, 1.54) is 49.9 Å². The van der Waals surface area contributed by atoms with E-state index < -0.39 is 0 Å². The quantitative estimate of drug-likeness (QED) is 0.187. The summed E-state index contributed by atoms with van der Waals surface area (Å²) >= 11 is 0. The second-order valence-electron chi connectivity index (χ2n) is 11.3. The molecule has 42 heavy (non-hydrogen) atoms. The number of phenols is 1. The third-order valence-corrected chi connectivity index (χ3v) is 8.32. The van der Waals surface area contributed by atoms with Crippen molar-refractivity contribution in [2.45, 2.75) is 45.8 Å². The van der Waals surface area contributed by atoms with Crippen LogP contribution < -0.4 is 9.47 Å². The zero-order chi connectivity index (χ0) is 28.7. The zero-order valence-corrected chi connectivity index (χ0v) is 24.5. The number of nitrogens with zero attached hydrogens (tertiary/aromatic N) is 2. The van der Waals surface area contributed by atoms with Crippen LogP contribution in [-0.2, 0) is 13.2 Å². The number of hydrogen-bond acceptors (Lipinski definition) is 4. The normalized spacial score (nSPS) is 14.1. The van der Waals surface area contributed by atoms with Crippen molar-refractivity contribution in [2.24, 2.45) is 0 Å². The average Bonchev–Trinajstić information content (AvgIpc) is 3.16. The van der Waals surface area contributed by atoms with Crippen LogP contribution in [0, 0.1) is 6.92 Å². The van der Waals surface area contributed by atoms with Crippen molar-refractivity contribution in [1.82, 2.24) is 9.47 Å². The Kier molecular flexibility index (Phi) is 8.76. The van der Waals surface area contributed by atoms with E-state index in [0.717, 1.165) is 58.9 Å². The van der Waals surface area contributed by atoms with Crippen LogP contribution in [0.4, 0.5) is 0 Å². The first-order valence-electron chi connectivity index (χ1n) is 15.2. The largest absolute Gasteiger partial charge is 0.508 e. The maximum absolute atomic E-state index is 9.94. The standard InChI is InChI=1S/C37H40N2O3/c1-28-35-25-34(42-27-30-9-5-4-6-10-30)19-20-36(35)39(37(28)31-13-15-32(40)16-14-31)26-29-11-17-33(18-12-29)41-24-23-38-21-7-2-3-8-22-38/h4-6,9-20,25,40H,2-3,7-8,21-24,26-27H2,1H3. The molecule has 0 atom stereocenters. The summed E-state index contributed by atoms with van der Waals surface area (Å²) in [6.45, 7) is 7.52. The number of ether oxygens (including phenoxy) is 2. The van der Waals surface area contributed by atoms with Crippen LogP contribution in [0.3, 0.4) is 0 Å². The van der Waals surface area contributed by atoms with E-state index in [9.17, 15) is 5.11 Å². The lowest BCUT2D eigenvalue weighted by Gasteiger charge is -2.19. The molecule has 1 N–H and O–H groups in total. The van der Waals surface area contributed by atoms with Crippen LogP contribution in [0.5, 0.6) is 17.2 Å². The van der Waals surface area contributed by atoms with Crippen LogP contribution >= 0.6 is 0 Å². The number of fused-ring (bicyclic) bond motifs is 1. The highest BCUT2D eigenvalue weighted by Crippen LogP contribution is 2.36. The molecule has 1 aliphatic rings. The minimum Gasteiger partial charge on any atom is -0.508 e. The van der Waals surface area contributed by atoms with Gasteiger partial charge in [-0.25, -0.2) is 0 Å². The molecule has 5 aromatic rings. The molecule has 0 amide bonds. The lowest BCUT2D eigenvalue weighted by Crippen LogP contribution is -2.29. The molecule has 5 heteroatoms. The third-order valence-electron chi connectivity index (χ3n) is 8.32. The molecule has 5 nitrogen and oxygen atoms in total. The highest BCUT2D eigenvalue weighted by atomic mass is 16.5. The topological polar surface area (TPSA) is 46.9 Å². The number of likely N-dealkylation sites (tertiary alicyclic amines) is 1. The van der Waals surface area contributed by atoms with Gasteiger partial charge in [-0.05, 0) is 110 Å². The molecular formula is C37H40N2O3. The molecule has 1 fully saturated rings. The summed E-state index contributed by atoms with van der Waals surface area (Å²) in [5.41, 5.74) is 6.90. The van der Waals surface area contributed by atoms with E-state index in [-0.39, 0.29) is 5.75 Å². The van der Waals surface area contributed by atoms with Gasteiger partial charge in [-0.3, -0.25) is 4.90 Å². The fourth-order valence-corrected chi connectivity index (χ4v) is 6.01. The van der Waals surface area contributed by atoms with Crippen molar-refractivity contribution >= 4 is 10.9 Å². The van der Waals surface area contributed by atoms with Gasteiger partial charge in [0.1, 0.15) is 30.5 Å². The van der Waals surface area contributed by atoms with Crippen molar-refractivity contribution in [3.8, 4) is 28.5 Å². The van der Waals surface area contributed by atoms with Crippen LogP contribution in [0.1, 0.15) is 42.4 Å². The molecule has 0 spiro atoms. The molecule has 2 heterocycles. The van der Waals surface area contributed by atoms with Crippen LogP contribution in [0.2, 0.25) is 0 Å². The SMILES string of the molecule is Cc1c(-c2ccc(O)cc2)n(Cc2ccc(OCCN3CCCCCC3)cc2)c2ccc(OCc3ccccc3)cc12. The Bertz CT molecular complexity index is 1580. The molecule has 0 aliphatic carbocycles. The second kappa shape index (κ2) is 13.2. The molecule has 0 saturated carbocycles. The molecular weight excluding hydrogens is 520 g/mol. The monoisotopic (exact) mass is 560 g/mol. The number of phenolic OH excluding ortho intramolecular Hbond substituents is 1. The predicted octanol–water partition coefficient (Wildman–Crippen LogP) is 8.20. The molecule has 216 valence electrons. The zero-order valence-electron chi connectivity index (χ0n) is 24.5. The third kappa shape index (κ3) is 6.63. The Labute approximate surface area is 248 Å². The Balaban J connectivity index is 1.22. The van der Waals surface area contributed by atoms with Crippen molar-refractivity contribution < 1.29 is 14.6 Å². The highest BCUT2D eigenvalue weighted by molar-refractivity contribution is 5.92. The molecule has 6 rings (SSSR count). The van der Waals surface area contributed by atoms with E-state index in [2.05, 4.69) is 71.0 Å². The van der Waals surface area contributed by atoms with Gasteiger partial charge in [0.25, 0.3) is 0 Å². The van der Waals surface area contributed by atoms with Crippen molar-refractivity contribution in [3.63, 3.8) is 0 Å². The van der Waals surface area contributed by atoms with Crippen LogP contribution in [0.15, 0.2) is 97.1 Å². The second-order valence-corrected chi connectivity index (χ2v) is 11.3. The molecule has 0 radical (unpaired) electrons. The maximum Gasteiger partial charge on any atom is 0.120 e. The number of aromatic hydroxyl groups is 1.